The van der Waals surface area contributed by atoms with Crippen LogP contribution in [0.5, 0.6) is 0 Å². The molecule has 0 unspecified atom stereocenters. The molecule has 1 atom stereocenters. The first-order chi connectivity index (χ1) is 9.49. The summed E-state index contributed by atoms with van der Waals surface area (Å²) in [4.78, 5) is 11.9. The highest BCUT2D eigenvalue weighted by Crippen LogP contribution is 2.16. The third-order valence-corrected chi connectivity index (χ3v) is 3.23. The van der Waals surface area contributed by atoms with Gasteiger partial charge in [0, 0.05) is 25.1 Å². The van der Waals surface area contributed by atoms with E-state index in [4.69, 9.17) is 11.6 Å². The van der Waals surface area contributed by atoms with E-state index in [9.17, 15) is 9.18 Å². The number of hydrogen-bond acceptors (Lipinski definition) is 3. The molecule has 0 bridgehead atoms. The molecule has 0 radical (unpaired) electrons. The van der Waals surface area contributed by atoms with Gasteiger partial charge in [-0.3, -0.25) is 4.79 Å². The van der Waals surface area contributed by atoms with E-state index in [-0.39, 0.29) is 16.8 Å². The van der Waals surface area contributed by atoms with Gasteiger partial charge in [-0.25, -0.2) is 4.39 Å². The SMILES string of the molecule is C[C@@H](CNC(=O)c1ccc(F)c(Cl)c1)c1nncn1C. The van der Waals surface area contributed by atoms with Crippen LogP contribution >= 0.6 is 11.6 Å². The molecule has 0 aliphatic heterocycles. The molecule has 106 valence electrons. The number of nitrogens with zero attached hydrogens (tertiary/aromatic N) is 3. The van der Waals surface area contributed by atoms with Gasteiger partial charge in [-0.15, -0.1) is 10.2 Å². The third-order valence-electron chi connectivity index (χ3n) is 2.94. The van der Waals surface area contributed by atoms with Gasteiger partial charge in [-0.2, -0.15) is 0 Å². The molecule has 1 heterocycles. The number of benzene rings is 1. The topological polar surface area (TPSA) is 59.8 Å². The summed E-state index contributed by atoms with van der Waals surface area (Å²) in [6.45, 7) is 2.34. The Morgan fingerprint density at radius 3 is 2.90 bits per heavy atom. The van der Waals surface area contributed by atoms with Gasteiger partial charge in [0.1, 0.15) is 18.0 Å². The molecule has 1 aromatic heterocycles. The van der Waals surface area contributed by atoms with Crippen molar-refractivity contribution in [1.29, 1.82) is 0 Å². The fraction of sp³-hybridized carbons (Fsp3) is 0.308. The van der Waals surface area contributed by atoms with E-state index in [0.29, 0.717) is 12.1 Å². The molecule has 7 heteroatoms. The fourth-order valence-corrected chi connectivity index (χ4v) is 2.00. The molecule has 2 rings (SSSR count). The summed E-state index contributed by atoms with van der Waals surface area (Å²) in [6, 6.07) is 3.87. The molecule has 1 N–H and O–H groups in total. The first kappa shape index (κ1) is 14.5. The van der Waals surface area contributed by atoms with Crippen molar-refractivity contribution in [2.75, 3.05) is 6.54 Å². The Labute approximate surface area is 120 Å². The van der Waals surface area contributed by atoms with Crippen LogP contribution in [0.3, 0.4) is 0 Å². The molecular formula is C13H14ClFN4O. The molecule has 2 aromatic rings. The van der Waals surface area contributed by atoms with Crippen LogP contribution in [0.25, 0.3) is 0 Å². The highest BCUT2D eigenvalue weighted by Gasteiger charge is 2.14. The smallest absolute Gasteiger partial charge is 0.251 e. The Bertz CT molecular complexity index is 629. The lowest BCUT2D eigenvalue weighted by Crippen LogP contribution is -2.28. The van der Waals surface area contributed by atoms with Gasteiger partial charge in [0.2, 0.25) is 0 Å². The Morgan fingerprint density at radius 1 is 1.55 bits per heavy atom. The number of nitrogens with one attached hydrogen (secondary N) is 1. The van der Waals surface area contributed by atoms with Crippen molar-refractivity contribution in [3.05, 3.63) is 46.8 Å². The van der Waals surface area contributed by atoms with Crippen molar-refractivity contribution in [2.24, 2.45) is 7.05 Å². The maximum atomic E-state index is 13.0. The number of carbonyl (C=O) groups excluding carboxylic acids is 1. The van der Waals surface area contributed by atoms with E-state index in [1.54, 1.807) is 10.9 Å². The second kappa shape index (κ2) is 6.00. The summed E-state index contributed by atoms with van der Waals surface area (Å²) in [5.74, 6) is -0.0543. The van der Waals surface area contributed by atoms with Gasteiger partial charge < -0.3 is 9.88 Å². The van der Waals surface area contributed by atoms with E-state index >= 15 is 0 Å². The maximum Gasteiger partial charge on any atom is 0.251 e. The maximum absolute atomic E-state index is 13.0. The van der Waals surface area contributed by atoms with E-state index in [0.717, 1.165) is 5.82 Å². The molecule has 0 saturated carbocycles. The Morgan fingerprint density at radius 2 is 2.30 bits per heavy atom. The van der Waals surface area contributed by atoms with Crippen molar-refractivity contribution in [3.8, 4) is 0 Å². The average molecular weight is 297 g/mol. The van der Waals surface area contributed by atoms with Gasteiger partial charge in [0.15, 0.2) is 0 Å². The summed E-state index contributed by atoms with van der Waals surface area (Å²) >= 11 is 5.65. The Kier molecular flexibility index (Phi) is 4.34. The predicted molar refractivity (Wildman–Crippen MR) is 73.2 cm³/mol. The molecule has 0 fully saturated rings. The lowest BCUT2D eigenvalue weighted by Gasteiger charge is -2.12. The van der Waals surface area contributed by atoms with E-state index in [2.05, 4.69) is 15.5 Å². The van der Waals surface area contributed by atoms with Gasteiger partial charge in [-0.1, -0.05) is 18.5 Å². The summed E-state index contributed by atoms with van der Waals surface area (Å²) in [5, 5.41) is 10.5. The van der Waals surface area contributed by atoms with Crippen LogP contribution < -0.4 is 5.32 Å². The Balaban J connectivity index is 1.98. The van der Waals surface area contributed by atoms with E-state index in [1.807, 2.05) is 14.0 Å². The first-order valence-electron chi connectivity index (χ1n) is 6.06. The molecular weight excluding hydrogens is 283 g/mol. The van der Waals surface area contributed by atoms with Crippen LogP contribution in [0.2, 0.25) is 5.02 Å². The minimum Gasteiger partial charge on any atom is -0.351 e. The van der Waals surface area contributed by atoms with Crippen molar-refractivity contribution in [2.45, 2.75) is 12.8 Å². The zero-order valence-electron chi connectivity index (χ0n) is 11.1. The zero-order chi connectivity index (χ0) is 14.7. The monoisotopic (exact) mass is 296 g/mol. The van der Waals surface area contributed by atoms with Crippen LogP contribution in [0, 0.1) is 5.82 Å². The summed E-state index contributed by atoms with van der Waals surface area (Å²) in [7, 11) is 1.84. The van der Waals surface area contributed by atoms with Crippen molar-refractivity contribution in [1.82, 2.24) is 20.1 Å². The van der Waals surface area contributed by atoms with E-state index in [1.165, 1.54) is 18.2 Å². The van der Waals surface area contributed by atoms with Gasteiger partial charge in [-0.05, 0) is 18.2 Å². The van der Waals surface area contributed by atoms with Crippen LogP contribution in [0.1, 0.15) is 29.0 Å². The molecule has 0 saturated heterocycles. The zero-order valence-corrected chi connectivity index (χ0v) is 11.9. The largest absolute Gasteiger partial charge is 0.351 e. The number of hydrogen-bond donors (Lipinski definition) is 1. The molecule has 0 aliphatic carbocycles. The lowest BCUT2D eigenvalue weighted by molar-refractivity contribution is 0.0951. The highest BCUT2D eigenvalue weighted by molar-refractivity contribution is 6.31. The molecule has 20 heavy (non-hydrogen) atoms. The standard InChI is InChI=1S/C13H14ClFN4O/c1-8(12-18-17-7-19(12)2)6-16-13(20)9-3-4-11(15)10(14)5-9/h3-5,7-8H,6H2,1-2H3,(H,16,20)/t8-/m0/s1. The summed E-state index contributed by atoms with van der Waals surface area (Å²) in [6.07, 6.45) is 1.60. The van der Waals surface area contributed by atoms with Crippen LogP contribution in [-0.2, 0) is 7.05 Å². The van der Waals surface area contributed by atoms with Crippen molar-refractivity contribution in [3.63, 3.8) is 0 Å². The van der Waals surface area contributed by atoms with Crippen LogP contribution in [0.15, 0.2) is 24.5 Å². The molecule has 1 amide bonds. The van der Waals surface area contributed by atoms with Crippen LogP contribution in [0.4, 0.5) is 4.39 Å². The van der Waals surface area contributed by atoms with Gasteiger partial charge in [0.05, 0.1) is 5.02 Å². The van der Waals surface area contributed by atoms with Gasteiger partial charge in [0.25, 0.3) is 5.91 Å². The van der Waals surface area contributed by atoms with Crippen molar-refractivity contribution >= 4 is 17.5 Å². The number of aromatic nitrogens is 3. The predicted octanol–water partition coefficient (Wildman–Crippen LogP) is 2.14. The van der Waals surface area contributed by atoms with Crippen LogP contribution in [-0.4, -0.2) is 27.2 Å². The number of halogens is 2. The molecule has 0 aliphatic rings. The lowest BCUT2D eigenvalue weighted by atomic mass is 10.1. The number of carbonyl (C=O) groups is 1. The summed E-state index contributed by atoms with van der Waals surface area (Å²) in [5.41, 5.74) is 0.321. The normalized spacial score (nSPS) is 12.2. The summed E-state index contributed by atoms with van der Waals surface area (Å²) < 4.78 is 14.8. The average Bonchev–Trinajstić information content (AvgIpc) is 2.85. The molecule has 5 nitrogen and oxygen atoms in total. The fourth-order valence-electron chi connectivity index (χ4n) is 1.81. The first-order valence-corrected chi connectivity index (χ1v) is 6.44. The Hall–Kier alpha value is -1.95. The molecule has 0 spiro atoms. The number of aryl methyl sites for hydroxylation is 1. The third kappa shape index (κ3) is 3.14. The highest BCUT2D eigenvalue weighted by atomic mass is 35.5. The molecule has 1 aromatic carbocycles. The van der Waals surface area contributed by atoms with E-state index < -0.39 is 5.82 Å². The quantitative estimate of drug-likeness (QED) is 0.940. The minimum absolute atomic E-state index is 0.0161. The second-order valence-corrected chi connectivity index (χ2v) is 4.95. The minimum atomic E-state index is -0.546. The van der Waals surface area contributed by atoms with Gasteiger partial charge >= 0.3 is 0 Å². The second-order valence-electron chi connectivity index (χ2n) is 4.54. The number of rotatable bonds is 4. The van der Waals surface area contributed by atoms with Crippen molar-refractivity contribution < 1.29 is 9.18 Å². The number of amides is 1.